The zero-order chi connectivity index (χ0) is 13.3. The lowest BCUT2D eigenvalue weighted by Crippen LogP contribution is -2.47. The average Bonchev–Trinajstić information content (AvgIpc) is 2.87. The second-order valence-corrected chi connectivity index (χ2v) is 5.17. The van der Waals surface area contributed by atoms with Gasteiger partial charge in [-0.25, -0.2) is 0 Å². The van der Waals surface area contributed by atoms with Crippen LogP contribution in [0, 0.1) is 0 Å². The Morgan fingerprint density at radius 3 is 2.84 bits per heavy atom. The summed E-state index contributed by atoms with van der Waals surface area (Å²) < 4.78 is 11.0. The lowest BCUT2D eigenvalue weighted by molar-refractivity contribution is -0.121. The second-order valence-electron chi connectivity index (χ2n) is 5.17. The molecule has 1 amide bonds. The van der Waals surface area contributed by atoms with Crippen molar-refractivity contribution in [3.8, 4) is 11.5 Å². The van der Waals surface area contributed by atoms with Gasteiger partial charge in [-0.1, -0.05) is 0 Å². The van der Waals surface area contributed by atoms with Crippen LogP contribution in [0.3, 0.4) is 0 Å². The highest BCUT2D eigenvalue weighted by molar-refractivity contribution is 5.98. The van der Waals surface area contributed by atoms with Gasteiger partial charge in [-0.3, -0.25) is 4.79 Å². The van der Waals surface area contributed by atoms with Gasteiger partial charge < -0.3 is 20.1 Å². The van der Waals surface area contributed by atoms with Crippen molar-refractivity contribution in [3.05, 3.63) is 18.2 Å². The van der Waals surface area contributed by atoms with Crippen LogP contribution in [0.25, 0.3) is 0 Å². The van der Waals surface area contributed by atoms with Crippen molar-refractivity contribution in [3.63, 3.8) is 0 Å². The smallest absolute Gasteiger partial charge is 0.244 e. The lowest BCUT2D eigenvalue weighted by atomic mass is 9.99. The lowest BCUT2D eigenvalue weighted by Gasteiger charge is -2.24. The third kappa shape index (κ3) is 2.38. The zero-order valence-corrected chi connectivity index (χ0v) is 11.0. The molecule has 1 unspecified atom stereocenters. The van der Waals surface area contributed by atoms with Crippen LogP contribution < -0.4 is 20.1 Å². The number of amides is 1. The van der Waals surface area contributed by atoms with Gasteiger partial charge in [0.15, 0.2) is 11.5 Å². The van der Waals surface area contributed by atoms with Crippen LogP contribution in [0.2, 0.25) is 0 Å². The molecule has 5 nitrogen and oxygen atoms in total. The molecule has 2 aliphatic heterocycles. The minimum atomic E-state index is -0.465. The first-order valence-electron chi connectivity index (χ1n) is 6.63. The molecule has 1 saturated heterocycles. The number of ether oxygens (including phenoxy) is 2. The highest BCUT2D eigenvalue weighted by Crippen LogP contribution is 2.33. The van der Waals surface area contributed by atoms with Crippen molar-refractivity contribution in [2.24, 2.45) is 0 Å². The number of carbonyl (C=O) groups excluding carboxylic acids is 1. The third-order valence-corrected chi connectivity index (χ3v) is 3.67. The molecule has 0 radical (unpaired) electrons. The van der Waals surface area contributed by atoms with Crippen LogP contribution in [-0.2, 0) is 4.79 Å². The van der Waals surface area contributed by atoms with Gasteiger partial charge in [0.2, 0.25) is 5.91 Å². The Morgan fingerprint density at radius 2 is 2.11 bits per heavy atom. The van der Waals surface area contributed by atoms with E-state index >= 15 is 0 Å². The number of anilines is 1. The van der Waals surface area contributed by atoms with Gasteiger partial charge in [-0.05, 0) is 38.4 Å². The van der Waals surface area contributed by atoms with Crippen LogP contribution in [-0.4, -0.2) is 31.2 Å². The largest absolute Gasteiger partial charge is 0.486 e. The summed E-state index contributed by atoms with van der Waals surface area (Å²) in [5, 5.41) is 6.18. The molecule has 19 heavy (non-hydrogen) atoms. The summed E-state index contributed by atoms with van der Waals surface area (Å²) in [6.45, 7) is 3.95. The predicted molar refractivity (Wildman–Crippen MR) is 71.7 cm³/mol. The summed E-state index contributed by atoms with van der Waals surface area (Å²) in [7, 11) is 0. The summed E-state index contributed by atoms with van der Waals surface area (Å²) in [5.74, 6) is 1.42. The molecule has 2 heterocycles. The van der Waals surface area contributed by atoms with Crippen LogP contribution >= 0.6 is 0 Å². The highest BCUT2D eigenvalue weighted by atomic mass is 16.6. The maximum absolute atomic E-state index is 12.3. The molecule has 0 aromatic heterocycles. The number of hydrogen-bond acceptors (Lipinski definition) is 4. The van der Waals surface area contributed by atoms with Crippen molar-refractivity contribution in [2.75, 3.05) is 25.1 Å². The quantitative estimate of drug-likeness (QED) is 0.848. The van der Waals surface area contributed by atoms with E-state index in [9.17, 15) is 4.79 Å². The number of carbonyl (C=O) groups is 1. The first-order chi connectivity index (χ1) is 9.17. The Hall–Kier alpha value is -1.75. The van der Waals surface area contributed by atoms with E-state index in [-0.39, 0.29) is 5.91 Å². The summed E-state index contributed by atoms with van der Waals surface area (Å²) in [6.07, 6.45) is 1.90. The molecule has 0 bridgehead atoms. The molecule has 2 N–H and O–H groups in total. The number of nitrogens with one attached hydrogen (secondary N) is 2. The van der Waals surface area contributed by atoms with E-state index in [1.165, 1.54) is 0 Å². The molecule has 0 spiro atoms. The van der Waals surface area contributed by atoms with E-state index < -0.39 is 5.54 Å². The van der Waals surface area contributed by atoms with E-state index in [4.69, 9.17) is 9.47 Å². The van der Waals surface area contributed by atoms with Crippen molar-refractivity contribution in [1.82, 2.24) is 5.32 Å². The van der Waals surface area contributed by atoms with Crippen LogP contribution in [0.5, 0.6) is 11.5 Å². The number of hydrogen-bond donors (Lipinski definition) is 2. The van der Waals surface area contributed by atoms with E-state index in [0.29, 0.717) is 19.0 Å². The first-order valence-corrected chi connectivity index (χ1v) is 6.63. The Morgan fingerprint density at radius 1 is 1.32 bits per heavy atom. The van der Waals surface area contributed by atoms with Gasteiger partial charge in [0.25, 0.3) is 0 Å². The summed E-state index contributed by atoms with van der Waals surface area (Å²) >= 11 is 0. The highest BCUT2D eigenvalue weighted by Gasteiger charge is 2.35. The van der Waals surface area contributed by atoms with Crippen molar-refractivity contribution >= 4 is 11.6 Å². The monoisotopic (exact) mass is 262 g/mol. The van der Waals surface area contributed by atoms with Crippen molar-refractivity contribution in [1.29, 1.82) is 0 Å². The van der Waals surface area contributed by atoms with Gasteiger partial charge in [0, 0.05) is 11.8 Å². The second kappa shape index (κ2) is 4.74. The summed E-state index contributed by atoms with van der Waals surface area (Å²) in [4.78, 5) is 12.3. The van der Waals surface area contributed by atoms with Gasteiger partial charge in [-0.15, -0.1) is 0 Å². The fraction of sp³-hybridized carbons (Fsp3) is 0.500. The van der Waals surface area contributed by atoms with Gasteiger partial charge in [-0.2, -0.15) is 0 Å². The number of fused-ring (bicyclic) bond motifs is 1. The maximum Gasteiger partial charge on any atom is 0.244 e. The molecule has 1 atom stereocenters. The normalized spacial score (nSPS) is 25.1. The van der Waals surface area contributed by atoms with Crippen LogP contribution in [0.4, 0.5) is 5.69 Å². The molecule has 2 aliphatic rings. The van der Waals surface area contributed by atoms with E-state index in [2.05, 4.69) is 10.6 Å². The van der Waals surface area contributed by atoms with E-state index in [1.54, 1.807) is 0 Å². The third-order valence-electron chi connectivity index (χ3n) is 3.67. The number of benzene rings is 1. The number of rotatable bonds is 2. The molecule has 0 saturated carbocycles. The van der Waals surface area contributed by atoms with Crippen molar-refractivity contribution in [2.45, 2.75) is 25.3 Å². The molecule has 1 aromatic carbocycles. The fourth-order valence-corrected chi connectivity index (χ4v) is 2.48. The Labute approximate surface area is 112 Å². The molecule has 3 rings (SSSR count). The molecular formula is C14H18N2O3. The fourth-order valence-electron chi connectivity index (χ4n) is 2.48. The Balaban J connectivity index is 1.74. The average molecular weight is 262 g/mol. The van der Waals surface area contributed by atoms with Crippen molar-refractivity contribution < 1.29 is 14.3 Å². The molecular weight excluding hydrogens is 244 g/mol. The Kier molecular flexibility index (Phi) is 3.06. The van der Waals surface area contributed by atoms with Gasteiger partial charge in [0.1, 0.15) is 13.2 Å². The minimum Gasteiger partial charge on any atom is -0.486 e. The Bertz CT molecular complexity index is 495. The zero-order valence-electron chi connectivity index (χ0n) is 11.0. The van der Waals surface area contributed by atoms with E-state index in [1.807, 2.05) is 25.1 Å². The minimum absolute atomic E-state index is 0.00155. The summed E-state index contributed by atoms with van der Waals surface area (Å²) in [5.41, 5.74) is 0.275. The SMILES string of the molecule is CC1(C(=O)Nc2ccc3c(c2)OCCO3)CCCN1. The maximum atomic E-state index is 12.3. The van der Waals surface area contributed by atoms with Gasteiger partial charge in [0.05, 0.1) is 5.54 Å². The molecule has 5 heteroatoms. The van der Waals surface area contributed by atoms with E-state index in [0.717, 1.165) is 30.8 Å². The molecule has 0 aliphatic carbocycles. The summed E-state index contributed by atoms with van der Waals surface area (Å²) in [6, 6.07) is 5.48. The first kappa shape index (κ1) is 12.3. The topological polar surface area (TPSA) is 59.6 Å². The standard InChI is InChI=1S/C14H18N2O3/c1-14(5-2-6-15-14)13(17)16-10-3-4-11-12(9-10)19-8-7-18-11/h3-4,9,15H,2,5-8H2,1H3,(H,16,17). The molecule has 102 valence electrons. The molecule has 1 aromatic rings. The predicted octanol–water partition coefficient (Wildman–Crippen LogP) is 1.54. The van der Waals surface area contributed by atoms with Crippen LogP contribution in [0.1, 0.15) is 19.8 Å². The van der Waals surface area contributed by atoms with Gasteiger partial charge >= 0.3 is 0 Å². The van der Waals surface area contributed by atoms with Crippen LogP contribution in [0.15, 0.2) is 18.2 Å². The molecule has 1 fully saturated rings.